The molecule has 1 heterocycles. The highest BCUT2D eigenvalue weighted by Crippen LogP contribution is 2.32. The normalized spacial score (nSPS) is 11.9. The van der Waals surface area contributed by atoms with E-state index in [9.17, 15) is 23.3 Å². The Labute approximate surface area is 168 Å². The van der Waals surface area contributed by atoms with Gasteiger partial charge in [-0.05, 0) is 6.92 Å². The molecule has 1 aromatic heterocycles. The van der Waals surface area contributed by atoms with Crippen molar-refractivity contribution >= 4 is 33.8 Å². The summed E-state index contributed by atoms with van der Waals surface area (Å²) in [5, 5.41) is 21.8. The third kappa shape index (κ3) is 3.45. The fourth-order valence-electron chi connectivity index (χ4n) is 3.12. The van der Waals surface area contributed by atoms with Gasteiger partial charge in [-0.15, -0.1) is 0 Å². The van der Waals surface area contributed by atoms with E-state index in [2.05, 4.69) is 10.3 Å². The Morgan fingerprint density at radius 2 is 1.83 bits per heavy atom. The molecule has 3 aromatic rings. The second kappa shape index (κ2) is 7.85. The van der Waals surface area contributed by atoms with Crippen LogP contribution in [-0.4, -0.2) is 34.3 Å². The van der Waals surface area contributed by atoms with Crippen molar-refractivity contribution in [3.8, 4) is 5.75 Å². The molecule has 0 radical (unpaired) electrons. The molecule has 0 atom stereocenters. The molecule has 2 aromatic carbocycles. The number of nitro benzene ring substituents is 1. The van der Waals surface area contributed by atoms with Crippen molar-refractivity contribution < 1.29 is 22.8 Å². The van der Waals surface area contributed by atoms with Crippen molar-refractivity contribution in [1.29, 1.82) is 5.41 Å². The predicted molar refractivity (Wildman–Crippen MR) is 105 cm³/mol. The number of benzene rings is 2. The number of allylic oxidation sites excluding steroid dienone is 1. The van der Waals surface area contributed by atoms with E-state index in [0.717, 1.165) is 35.2 Å². The summed E-state index contributed by atoms with van der Waals surface area (Å²) in [7, 11) is 2.68. The number of ether oxygens (including phenoxy) is 1. The molecule has 0 bridgehead atoms. The standard InChI is InChI=1S/C19H16F3N5O3/c1-9(23)16(17-12(20)6-11(30-3)7-13(17)21)19(24-2)26-8-25-15-5-10(27(28)29)4-14(22)18(15)26/h4-8,23-24H,1-3H3/b19-16-,23-9?. The molecule has 0 spiro atoms. The largest absolute Gasteiger partial charge is 0.497 e. The van der Waals surface area contributed by atoms with Gasteiger partial charge in [-0.2, -0.15) is 0 Å². The second-order valence-electron chi connectivity index (χ2n) is 6.23. The van der Waals surface area contributed by atoms with Gasteiger partial charge in [0.05, 0.1) is 29.2 Å². The number of nitrogens with zero attached hydrogens (tertiary/aromatic N) is 3. The number of hydrogen-bond acceptors (Lipinski definition) is 6. The Morgan fingerprint density at radius 3 is 2.33 bits per heavy atom. The summed E-state index contributed by atoms with van der Waals surface area (Å²) in [5.41, 5.74) is -1.60. The number of imidazole rings is 1. The fraction of sp³-hybridized carbons (Fsp3) is 0.158. The van der Waals surface area contributed by atoms with Crippen molar-refractivity contribution in [3.63, 3.8) is 0 Å². The molecule has 30 heavy (non-hydrogen) atoms. The van der Waals surface area contributed by atoms with Crippen LogP contribution in [-0.2, 0) is 0 Å². The van der Waals surface area contributed by atoms with Crippen LogP contribution in [0.1, 0.15) is 12.5 Å². The topological polar surface area (TPSA) is 106 Å². The van der Waals surface area contributed by atoms with Crippen LogP contribution in [0.5, 0.6) is 5.75 Å². The lowest BCUT2D eigenvalue weighted by Gasteiger charge is -2.18. The molecule has 3 rings (SSSR count). The number of nitro groups is 1. The van der Waals surface area contributed by atoms with Gasteiger partial charge in [0.25, 0.3) is 5.69 Å². The first-order valence-electron chi connectivity index (χ1n) is 8.51. The van der Waals surface area contributed by atoms with Gasteiger partial charge in [0, 0.05) is 36.5 Å². The van der Waals surface area contributed by atoms with Gasteiger partial charge in [0.2, 0.25) is 0 Å². The molecule has 0 saturated heterocycles. The molecule has 0 unspecified atom stereocenters. The summed E-state index contributed by atoms with van der Waals surface area (Å²) in [6, 6.07) is 3.72. The van der Waals surface area contributed by atoms with Gasteiger partial charge >= 0.3 is 0 Å². The first-order chi connectivity index (χ1) is 14.2. The number of methoxy groups -OCH3 is 1. The van der Waals surface area contributed by atoms with Crippen LogP contribution in [0, 0.1) is 33.0 Å². The Kier molecular flexibility index (Phi) is 5.45. The zero-order valence-electron chi connectivity index (χ0n) is 16.1. The van der Waals surface area contributed by atoms with E-state index in [1.54, 1.807) is 0 Å². The molecule has 0 fully saturated rings. The Hall–Kier alpha value is -3.89. The van der Waals surface area contributed by atoms with E-state index in [1.807, 2.05) is 0 Å². The maximum absolute atomic E-state index is 14.7. The Bertz CT molecular complexity index is 1200. The molecule has 8 nitrogen and oxygen atoms in total. The van der Waals surface area contributed by atoms with Crippen LogP contribution >= 0.6 is 0 Å². The number of non-ortho nitro benzene ring substituents is 1. The lowest BCUT2D eigenvalue weighted by atomic mass is 10.00. The van der Waals surface area contributed by atoms with Crippen LogP contribution in [0.2, 0.25) is 0 Å². The average molecular weight is 419 g/mol. The Morgan fingerprint density at radius 1 is 1.20 bits per heavy atom. The SMILES string of the molecule is CN/C(=C(\C(C)=N)c1c(F)cc(OC)cc1F)n1cnc2cc([N+](=O)[O-])cc(F)c21. The molecule has 2 N–H and O–H groups in total. The van der Waals surface area contributed by atoms with Gasteiger partial charge in [0.15, 0.2) is 5.82 Å². The monoisotopic (exact) mass is 419 g/mol. The van der Waals surface area contributed by atoms with Crippen LogP contribution < -0.4 is 10.1 Å². The quantitative estimate of drug-likeness (QED) is 0.357. The minimum atomic E-state index is -0.985. The van der Waals surface area contributed by atoms with Gasteiger partial charge in [-0.25, -0.2) is 18.2 Å². The number of rotatable bonds is 6. The highest BCUT2D eigenvalue weighted by atomic mass is 19.1. The molecule has 11 heteroatoms. The zero-order chi connectivity index (χ0) is 22.2. The van der Waals surface area contributed by atoms with E-state index in [0.29, 0.717) is 0 Å². The molecule has 0 amide bonds. The lowest BCUT2D eigenvalue weighted by molar-refractivity contribution is -0.384. The molecular weight excluding hydrogens is 403 g/mol. The number of halogens is 3. The number of hydrogen-bond donors (Lipinski definition) is 2. The summed E-state index contributed by atoms with van der Waals surface area (Å²) < 4.78 is 50.1. The molecule has 0 saturated carbocycles. The smallest absolute Gasteiger partial charge is 0.274 e. The first-order valence-corrected chi connectivity index (χ1v) is 8.51. The number of nitrogens with one attached hydrogen (secondary N) is 2. The predicted octanol–water partition coefficient (Wildman–Crippen LogP) is 3.96. The maximum Gasteiger partial charge on any atom is 0.274 e. The lowest BCUT2D eigenvalue weighted by Crippen LogP contribution is -2.18. The van der Waals surface area contributed by atoms with E-state index >= 15 is 0 Å². The molecular formula is C19H16F3N5O3. The van der Waals surface area contributed by atoms with E-state index in [-0.39, 0.29) is 33.9 Å². The van der Waals surface area contributed by atoms with E-state index in [4.69, 9.17) is 10.1 Å². The van der Waals surface area contributed by atoms with Crippen molar-refractivity contribution in [3.05, 3.63) is 63.7 Å². The average Bonchev–Trinajstić information content (AvgIpc) is 3.10. The van der Waals surface area contributed by atoms with Crippen molar-refractivity contribution in [2.24, 2.45) is 0 Å². The molecule has 156 valence electrons. The highest BCUT2D eigenvalue weighted by Gasteiger charge is 2.24. The summed E-state index contributed by atoms with van der Waals surface area (Å²) in [5.74, 6) is -3.01. The summed E-state index contributed by atoms with van der Waals surface area (Å²) in [4.78, 5) is 14.2. The second-order valence-corrected chi connectivity index (χ2v) is 6.23. The minimum Gasteiger partial charge on any atom is -0.497 e. The van der Waals surface area contributed by atoms with Crippen molar-refractivity contribution in [2.75, 3.05) is 14.2 Å². The first kappa shape index (κ1) is 20.8. The van der Waals surface area contributed by atoms with Crippen molar-refractivity contribution in [1.82, 2.24) is 14.9 Å². The van der Waals surface area contributed by atoms with Crippen LogP contribution in [0.4, 0.5) is 18.9 Å². The van der Waals surface area contributed by atoms with Crippen LogP contribution in [0.3, 0.4) is 0 Å². The van der Waals surface area contributed by atoms with E-state index in [1.165, 1.54) is 21.1 Å². The molecule has 0 aliphatic heterocycles. The van der Waals surface area contributed by atoms with Gasteiger partial charge in [-0.1, -0.05) is 0 Å². The molecule has 0 aliphatic rings. The third-order valence-corrected chi connectivity index (χ3v) is 4.38. The maximum atomic E-state index is 14.7. The van der Waals surface area contributed by atoms with Gasteiger partial charge in [-0.3, -0.25) is 14.7 Å². The third-order valence-electron chi connectivity index (χ3n) is 4.38. The number of aromatic nitrogens is 2. The summed E-state index contributed by atoms with van der Waals surface area (Å²) in [6.07, 6.45) is 1.14. The van der Waals surface area contributed by atoms with Crippen molar-refractivity contribution in [2.45, 2.75) is 6.92 Å². The van der Waals surface area contributed by atoms with Gasteiger partial charge in [0.1, 0.15) is 35.0 Å². The minimum absolute atomic E-state index is 0.0351. The molecule has 0 aliphatic carbocycles. The number of fused-ring (bicyclic) bond motifs is 1. The summed E-state index contributed by atoms with van der Waals surface area (Å²) in [6.45, 7) is 1.32. The summed E-state index contributed by atoms with van der Waals surface area (Å²) >= 11 is 0. The Balaban J connectivity index is 2.36. The van der Waals surface area contributed by atoms with Gasteiger partial charge < -0.3 is 15.5 Å². The van der Waals surface area contributed by atoms with E-state index < -0.39 is 33.6 Å². The van der Waals surface area contributed by atoms with Crippen LogP contribution in [0.15, 0.2) is 30.6 Å². The zero-order valence-corrected chi connectivity index (χ0v) is 16.1. The van der Waals surface area contributed by atoms with Crippen LogP contribution in [0.25, 0.3) is 22.4 Å². The highest BCUT2D eigenvalue weighted by molar-refractivity contribution is 6.26. The fourth-order valence-corrected chi connectivity index (χ4v) is 3.12.